The standard InChI is InChI=1S/C23H22N2O.HI/c1-3-17-8-7-10-19(14-17)21-16-26-23(24-21)15-20-13-12-18-9-5-6-11-22(18)25(20)4-2;/h5-16H,3-4H2,1-2H3;1H. The molecule has 138 valence electrons. The highest BCUT2D eigenvalue weighted by Crippen LogP contribution is 2.31. The summed E-state index contributed by atoms with van der Waals surface area (Å²) in [6.45, 7) is 5.23. The van der Waals surface area contributed by atoms with Crippen LogP contribution in [0.1, 0.15) is 30.9 Å². The van der Waals surface area contributed by atoms with Crippen molar-refractivity contribution in [1.29, 1.82) is 0 Å². The largest absolute Gasteiger partial charge is 1.00 e. The second kappa shape index (κ2) is 8.57. The number of hydrogen-bond donors (Lipinski definition) is 0. The molecular formula is C23H23IN2O. The molecule has 4 rings (SSSR count). The molecular weight excluding hydrogens is 447 g/mol. The molecule has 1 aromatic heterocycles. The number of hydrogen-bond acceptors (Lipinski definition) is 2. The van der Waals surface area contributed by atoms with Gasteiger partial charge in [-0.3, -0.25) is 0 Å². The molecule has 0 amide bonds. The van der Waals surface area contributed by atoms with Crippen molar-refractivity contribution in [3.8, 4) is 11.3 Å². The van der Waals surface area contributed by atoms with Crippen molar-refractivity contribution in [3.05, 3.63) is 83.6 Å². The molecule has 1 aliphatic rings. The van der Waals surface area contributed by atoms with Gasteiger partial charge in [-0.1, -0.05) is 43.3 Å². The number of anilines is 1. The Labute approximate surface area is 177 Å². The topological polar surface area (TPSA) is 30.5 Å². The predicted molar refractivity (Wildman–Crippen MR) is 107 cm³/mol. The van der Waals surface area contributed by atoms with E-state index in [1.54, 1.807) is 6.26 Å². The van der Waals surface area contributed by atoms with Crippen LogP contribution in [0.2, 0.25) is 0 Å². The smallest absolute Gasteiger partial charge is 0.373 e. The zero-order chi connectivity index (χ0) is 17.9. The van der Waals surface area contributed by atoms with E-state index in [1.807, 2.05) is 0 Å². The third-order valence-electron chi connectivity index (χ3n) is 4.78. The number of H-pyrrole nitrogens is 1. The number of aryl methyl sites for hydroxylation is 1. The van der Waals surface area contributed by atoms with Crippen molar-refractivity contribution in [2.45, 2.75) is 20.3 Å². The number of aromatic amines is 1. The fourth-order valence-corrected chi connectivity index (χ4v) is 3.37. The number of fused-ring (bicyclic) bond motifs is 1. The molecule has 0 fully saturated rings. The summed E-state index contributed by atoms with van der Waals surface area (Å²) in [6.07, 6.45) is 9.17. The minimum Gasteiger partial charge on any atom is -1.00 e. The molecule has 0 saturated carbocycles. The Morgan fingerprint density at radius 2 is 1.89 bits per heavy atom. The Morgan fingerprint density at radius 3 is 2.70 bits per heavy atom. The molecule has 0 radical (unpaired) electrons. The normalized spacial score (nSPS) is 14.1. The maximum absolute atomic E-state index is 5.78. The summed E-state index contributed by atoms with van der Waals surface area (Å²) in [5, 5.41) is 0. The van der Waals surface area contributed by atoms with Gasteiger partial charge in [0, 0.05) is 17.8 Å². The molecule has 0 spiro atoms. The number of halogens is 1. The van der Waals surface area contributed by atoms with Crippen LogP contribution in [0, 0.1) is 0 Å². The Morgan fingerprint density at radius 1 is 1.04 bits per heavy atom. The average molecular weight is 470 g/mol. The van der Waals surface area contributed by atoms with E-state index >= 15 is 0 Å². The number of rotatable bonds is 4. The fraction of sp³-hybridized carbons (Fsp3) is 0.174. The van der Waals surface area contributed by atoms with Gasteiger partial charge in [-0.05, 0) is 48.7 Å². The van der Waals surface area contributed by atoms with Gasteiger partial charge >= 0.3 is 5.89 Å². The van der Waals surface area contributed by atoms with E-state index in [2.05, 4.69) is 90.5 Å². The molecule has 0 unspecified atom stereocenters. The van der Waals surface area contributed by atoms with Gasteiger partial charge in [0.25, 0.3) is 0 Å². The van der Waals surface area contributed by atoms with Gasteiger partial charge in [0.2, 0.25) is 5.69 Å². The van der Waals surface area contributed by atoms with E-state index < -0.39 is 0 Å². The molecule has 4 heteroatoms. The summed E-state index contributed by atoms with van der Waals surface area (Å²) in [5.41, 5.74) is 7.05. The molecule has 2 heterocycles. The van der Waals surface area contributed by atoms with Crippen molar-refractivity contribution < 1.29 is 33.4 Å². The second-order valence-electron chi connectivity index (χ2n) is 6.40. The first-order valence-corrected chi connectivity index (χ1v) is 9.15. The van der Waals surface area contributed by atoms with Crippen molar-refractivity contribution in [2.75, 3.05) is 11.4 Å². The van der Waals surface area contributed by atoms with Crippen molar-refractivity contribution >= 4 is 17.8 Å². The number of oxazole rings is 1. The predicted octanol–water partition coefficient (Wildman–Crippen LogP) is 2.22. The van der Waals surface area contributed by atoms with E-state index in [1.165, 1.54) is 16.8 Å². The van der Waals surface area contributed by atoms with Crippen LogP contribution in [0.3, 0.4) is 0 Å². The number of para-hydroxylation sites is 1. The van der Waals surface area contributed by atoms with Crippen molar-refractivity contribution in [1.82, 2.24) is 0 Å². The van der Waals surface area contributed by atoms with Crippen LogP contribution >= 0.6 is 0 Å². The Bertz CT molecular complexity index is 987. The van der Waals surface area contributed by atoms with Crippen LogP contribution in [0.4, 0.5) is 5.69 Å². The van der Waals surface area contributed by atoms with E-state index in [9.17, 15) is 0 Å². The third-order valence-corrected chi connectivity index (χ3v) is 4.78. The maximum atomic E-state index is 5.78. The minimum atomic E-state index is 0. The highest BCUT2D eigenvalue weighted by molar-refractivity contribution is 5.79. The van der Waals surface area contributed by atoms with E-state index in [4.69, 9.17) is 4.42 Å². The van der Waals surface area contributed by atoms with Crippen LogP contribution in [0.15, 0.2) is 71.0 Å². The zero-order valence-electron chi connectivity index (χ0n) is 15.6. The van der Waals surface area contributed by atoms with Gasteiger partial charge < -0.3 is 33.3 Å². The van der Waals surface area contributed by atoms with Gasteiger partial charge in [-0.25, -0.2) is 0 Å². The second-order valence-corrected chi connectivity index (χ2v) is 6.40. The minimum absolute atomic E-state index is 0. The Balaban J connectivity index is 0.00000210. The Hall–Kier alpha value is -2.34. The monoisotopic (exact) mass is 470 g/mol. The quantitative estimate of drug-likeness (QED) is 0.548. The average Bonchev–Trinajstić information content (AvgIpc) is 3.16. The number of allylic oxidation sites excluding steroid dienone is 1. The van der Waals surface area contributed by atoms with Crippen molar-refractivity contribution in [3.63, 3.8) is 0 Å². The molecule has 3 aromatic rings. The summed E-state index contributed by atoms with van der Waals surface area (Å²) >= 11 is 0. The van der Waals surface area contributed by atoms with Gasteiger partial charge in [-0.2, -0.15) is 4.98 Å². The number of likely N-dealkylation sites (N-methyl/N-ethyl adjacent to an activating group) is 1. The summed E-state index contributed by atoms with van der Waals surface area (Å²) in [6, 6.07) is 17.0. The molecule has 0 saturated heterocycles. The Kier molecular flexibility index (Phi) is 6.16. The summed E-state index contributed by atoms with van der Waals surface area (Å²) in [5.74, 6) is 0.749. The van der Waals surface area contributed by atoms with E-state index in [0.717, 1.165) is 35.8 Å². The van der Waals surface area contributed by atoms with E-state index in [0.29, 0.717) is 0 Å². The van der Waals surface area contributed by atoms with Crippen LogP contribution in [0.25, 0.3) is 23.4 Å². The van der Waals surface area contributed by atoms with Crippen LogP contribution in [0.5, 0.6) is 0 Å². The molecule has 0 bridgehead atoms. The van der Waals surface area contributed by atoms with Crippen LogP contribution in [-0.4, -0.2) is 6.54 Å². The maximum Gasteiger partial charge on any atom is 0.373 e. The molecule has 1 aliphatic heterocycles. The molecule has 0 atom stereocenters. The van der Waals surface area contributed by atoms with Gasteiger partial charge in [-0.15, -0.1) is 0 Å². The summed E-state index contributed by atoms with van der Waals surface area (Å²) in [4.78, 5) is 5.69. The number of nitrogens with one attached hydrogen (secondary N) is 1. The van der Waals surface area contributed by atoms with Gasteiger partial charge in [0.1, 0.15) is 0 Å². The fourth-order valence-electron chi connectivity index (χ4n) is 3.37. The molecule has 3 nitrogen and oxygen atoms in total. The van der Waals surface area contributed by atoms with Crippen molar-refractivity contribution in [2.24, 2.45) is 0 Å². The molecule has 2 aromatic carbocycles. The molecule has 0 aliphatic carbocycles. The zero-order valence-corrected chi connectivity index (χ0v) is 17.7. The van der Waals surface area contributed by atoms with Gasteiger partial charge in [0.15, 0.2) is 6.26 Å². The summed E-state index contributed by atoms with van der Waals surface area (Å²) < 4.78 is 5.78. The first-order chi connectivity index (χ1) is 12.8. The number of benzene rings is 2. The lowest BCUT2D eigenvalue weighted by atomic mass is 10.1. The summed E-state index contributed by atoms with van der Waals surface area (Å²) in [7, 11) is 0. The van der Waals surface area contributed by atoms with E-state index in [-0.39, 0.29) is 24.0 Å². The molecule has 27 heavy (non-hydrogen) atoms. The number of aromatic nitrogens is 1. The SMILES string of the molecule is CCc1cccc(-c2coc(C=C3C=Cc4ccccc4N3CC)[nH+]2)c1.[I-]. The highest BCUT2D eigenvalue weighted by atomic mass is 127. The highest BCUT2D eigenvalue weighted by Gasteiger charge is 2.19. The lowest BCUT2D eigenvalue weighted by Gasteiger charge is -2.28. The molecule has 1 N–H and O–H groups in total. The third kappa shape index (κ3) is 4.00. The number of nitrogens with zero attached hydrogens (tertiary/aromatic N) is 1. The van der Waals surface area contributed by atoms with Crippen LogP contribution in [-0.2, 0) is 6.42 Å². The lowest BCUT2D eigenvalue weighted by molar-refractivity contribution is -0.374. The van der Waals surface area contributed by atoms with Crippen LogP contribution < -0.4 is 33.9 Å². The lowest BCUT2D eigenvalue weighted by Crippen LogP contribution is -3.00. The first-order valence-electron chi connectivity index (χ1n) is 9.15. The first kappa shape index (κ1) is 19.4. The van der Waals surface area contributed by atoms with Gasteiger partial charge in [0.05, 0.1) is 11.8 Å².